The summed E-state index contributed by atoms with van der Waals surface area (Å²) in [5.41, 5.74) is 4.29. The Morgan fingerprint density at radius 1 is 0.788 bits per heavy atom. The van der Waals surface area contributed by atoms with Gasteiger partial charge in [0.05, 0.1) is 11.3 Å². The first-order valence-electron chi connectivity index (χ1n) is 17.1. The summed E-state index contributed by atoms with van der Waals surface area (Å²) in [4.78, 5) is 39.0. The van der Waals surface area contributed by atoms with Crippen LogP contribution in [0.15, 0.2) is 138 Å². The molecular formula is C42H38BrF3N4O2. The van der Waals surface area contributed by atoms with E-state index in [-0.39, 0.29) is 18.9 Å². The molecule has 0 N–H and O–H groups in total. The number of amides is 2. The molecule has 5 aromatic rings. The summed E-state index contributed by atoms with van der Waals surface area (Å²) in [5.74, 6) is -0.585. The predicted octanol–water partition coefficient (Wildman–Crippen LogP) is 8.53. The molecule has 10 heteroatoms. The van der Waals surface area contributed by atoms with E-state index in [0.29, 0.717) is 31.7 Å². The van der Waals surface area contributed by atoms with Gasteiger partial charge in [-0.25, -0.2) is 0 Å². The van der Waals surface area contributed by atoms with E-state index < -0.39 is 23.7 Å². The van der Waals surface area contributed by atoms with Gasteiger partial charge < -0.3 is 9.80 Å². The first kappa shape index (κ1) is 36.7. The van der Waals surface area contributed by atoms with Crippen molar-refractivity contribution in [3.63, 3.8) is 0 Å². The van der Waals surface area contributed by atoms with Crippen molar-refractivity contribution in [2.45, 2.75) is 31.7 Å². The average molecular weight is 768 g/mol. The third-order valence-corrected chi connectivity index (χ3v) is 9.95. The number of aromatic nitrogens is 1. The fourth-order valence-corrected chi connectivity index (χ4v) is 6.73. The lowest BCUT2D eigenvalue weighted by atomic mass is 10.0. The molecule has 0 aliphatic carbocycles. The molecule has 1 aromatic heterocycles. The maximum Gasteiger partial charge on any atom is 0.416 e. The van der Waals surface area contributed by atoms with Crippen LogP contribution in [0.2, 0.25) is 0 Å². The highest BCUT2D eigenvalue weighted by Crippen LogP contribution is 2.29. The van der Waals surface area contributed by atoms with Crippen molar-refractivity contribution < 1.29 is 22.8 Å². The molecule has 0 bridgehead atoms. The largest absolute Gasteiger partial charge is 0.416 e. The second kappa shape index (κ2) is 17.0. The van der Waals surface area contributed by atoms with Crippen LogP contribution in [0.1, 0.15) is 27.8 Å². The number of hydrogen-bond acceptors (Lipinski definition) is 4. The molecule has 0 spiro atoms. The number of carbonyl (C=O) groups excluding carboxylic acids is 2. The van der Waals surface area contributed by atoms with E-state index in [9.17, 15) is 22.8 Å². The van der Waals surface area contributed by atoms with E-state index in [0.717, 1.165) is 45.5 Å². The van der Waals surface area contributed by atoms with Gasteiger partial charge in [-0.1, -0.05) is 107 Å². The lowest BCUT2D eigenvalue weighted by Gasteiger charge is -2.39. The van der Waals surface area contributed by atoms with Gasteiger partial charge in [0.25, 0.3) is 0 Å². The molecule has 0 saturated carbocycles. The van der Waals surface area contributed by atoms with Crippen LogP contribution in [0, 0.1) is 0 Å². The Labute approximate surface area is 310 Å². The Hall–Kier alpha value is -5.06. The molecule has 1 aliphatic heterocycles. The van der Waals surface area contributed by atoms with Gasteiger partial charge in [-0.05, 0) is 58.7 Å². The lowest BCUT2D eigenvalue weighted by Crippen LogP contribution is -2.56. The number of carbonyl (C=O) groups is 2. The second-order valence-electron chi connectivity index (χ2n) is 12.7. The summed E-state index contributed by atoms with van der Waals surface area (Å²) in [6.45, 7) is 3.34. The molecule has 1 fully saturated rings. The van der Waals surface area contributed by atoms with E-state index in [2.05, 4.69) is 37.9 Å². The highest BCUT2D eigenvalue weighted by molar-refractivity contribution is 9.10. The summed E-state index contributed by atoms with van der Waals surface area (Å²) in [6, 6.07) is 35.0. The van der Waals surface area contributed by atoms with Crippen molar-refractivity contribution in [1.29, 1.82) is 0 Å². The first-order chi connectivity index (χ1) is 25.1. The molecule has 2 amide bonds. The molecule has 0 unspecified atom stereocenters. The van der Waals surface area contributed by atoms with Gasteiger partial charge >= 0.3 is 6.18 Å². The van der Waals surface area contributed by atoms with Crippen LogP contribution in [0.25, 0.3) is 17.3 Å². The molecular weight excluding hydrogens is 729 g/mol. The zero-order chi connectivity index (χ0) is 36.5. The minimum atomic E-state index is -4.46. The minimum Gasteiger partial charge on any atom is -0.338 e. The van der Waals surface area contributed by atoms with Gasteiger partial charge in [0.1, 0.15) is 6.04 Å². The Balaban J connectivity index is 1.29. The number of hydrogen-bond donors (Lipinski definition) is 0. The van der Waals surface area contributed by atoms with Gasteiger partial charge in [0, 0.05) is 68.0 Å². The molecule has 1 atom stereocenters. The van der Waals surface area contributed by atoms with E-state index in [1.807, 2.05) is 89.8 Å². The van der Waals surface area contributed by atoms with Crippen molar-refractivity contribution in [2.75, 3.05) is 26.2 Å². The number of alkyl halides is 3. The quantitative estimate of drug-likeness (QED) is 0.127. The van der Waals surface area contributed by atoms with Crippen LogP contribution in [-0.4, -0.2) is 63.7 Å². The second-order valence-corrected chi connectivity index (χ2v) is 13.6. The minimum absolute atomic E-state index is 0.132. The third kappa shape index (κ3) is 9.63. The van der Waals surface area contributed by atoms with Crippen molar-refractivity contribution in [3.05, 3.63) is 166 Å². The van der Waals surface area contributed by atoms with Crippen LogP contribution in [0.3, 0.4) is 0 Å². The van der Waals surface area contributed by atoms with Gasteiger partial charge in [0.2, 0.25) is 11.8 Å². The summed E-state index contributed by atoms with van der Waals surface area (Å²) in [7, 11) is 0. The van der Waals surface area contributed by atoms with Crippen LogP contribution < -0.4 is 0 Å². The van der Waals surface area contributed by atoms with Crippen molar-refractivity contribution >= 4 is 33.8 Å². The molecule has 52 heavy (non-hydrogen) atoms. The van der Waals surface area contributed by atoms with E-state index in [4.69, 9.17) is 0 Å². The number of pyridine rings is 1. The molecule has 6 rings (SSSR count). The normalized spacial score (nSPS) is 14.3. The van der Waals surface area contributed by atoms with E-state index in [1.54, 1.807) is 11.1 Å². The van der Waals surface area contributed by atoms with Crippen LogP contribution in [-0.2, 0) is 35.3 Å². The molecule has 4 aromatic carbocycles. The van der Waals surface area contributed by atoms with E-state index in [1.165, 1.54) is 29.8 Å². The number of piperazine rings is 1. The molecule has 0 radical (unpaired) electrons. The topological polar surface area (TPSA) is 56.8 Å². The first-order valence-corrected chi connectivity index (χ1v) is 17.9. The fraction of sp³-hybridized carbons (Fsp3) is 0.214. The Morgan fingerprint density at radius 2 is 1.46 bits per heavy atom. The summed E-state index contributed by atoms with van der Waals surface area (Å²) in [6.07, 6.45) is 0.348. The van der Waals surface area contributed by atoms with Crippen LogP contribution >= 0.6 is 15.9 Å². The van der Waals surface area contributed by atoms with Crippen molar-refractivity contribution in [1.82, 2.24) is 19.7 Å². The van der Waals surface area contributed by atoms with Crippen LogP contribution in [0.4, 0.5) is 13.2 Å². The van der Waals surface area contributed by atoms with Crippen LogP contribution in [0.5, 0.6) is 0 Å². The highest BCUT2D eigenvalue weighted by Gasteiger charge is 2.35. The molecule has 1 aliphatic rings. The fourth-order valence-electron chi connectivity index (χ4n) is 6.28. The predicted molar refractivity (Wildman–Crippen MR) is 201 cm³/mol. The Bertz CT molecular complexity index is 1960. The van der Waals surface area contributed by atoms with Gasteiger partial charge in [0.15, 0.2) is 0 Å². The third-order valence-electron chi connectivity index (χ3n) is 9.17. The standard InChI is InChI=1S/C42H38BrF3N4O2/c43-37-11-5-4-10-35(37)28-39(41(52)49-26-24-48(25-27-49)29-32-8-2-1-3-9-32)50(30-33-13-18-34(19-14-33)38-12-6-7-23-47-38)40(51)22-17-31-15-20-36(21-16-31)42(44,45)46/h1-23,39H,24-30H2/t39-/m0/s1. The Kier molecular flexibility index (Phi) is 12.0. The van der Waals surface area contributed by atoms with Gasteiger partial charge in [-0.2, -0.15) is 13.2 Å². The summed E-state index contributed by atoms with van der Waals surface area (Å²) in [5, 5.41) is 0. The van der Waals surface area contributed by atoms with E-state index >= 15 is 0 Å². The smallest absolute Gasteiger partial charge is 0.338 e. The molecule has 1 saturated heterocycles. The van der Waals surface area contributed by atoms with Crippen molar-refractivity contribution in [2.24, 2.45) is 0 Å². The van der Waals surface area contributed by atoms with Gasteiger partial charge in [-0.3, -0.25) is 19.5 Å². The average Bonchev–Trinajstić information content (AvgIpc) is 3.17. The number of benzene rings is 4. The lowest BCUT2D eigenvalue weighted by molar-refractivity contribution is -0.145. The number of halogens is 4. The zero-order valence-corrected chi connectivity index (χ0v) is 30.0. The zero-order valence-electron chi connectivity index (χ0n) is 28.4. The highest BCUT2D eigenvalue weighted by atomic mass is 79.9. The van der Waals surface area contributed by atoms with Gasteiger partial charge in [-0.15, -0.1) is 0 Å². The maximum absolute atomic E-state index is 14.6. The molecule has 6 nitrogen and oxygen atoms in total. The molecule has 2 heterocycles. The number of nitrogens with zero attached hydrogens (tertiary/aromatic N) is 4. The summed E-state index contributed by atoms with van der Waals surface area (Å²) < 4.78 is 40.4. The maximum atomic E-state index is 14.6. The Morgan fingerprint density at radius 3 is 2.12 bits per heavy atom. The monoisotopic (exact) mass is 766 g/mol. The number of rotatable bonds is 11. The molecule has 266 valence electrons. The summed E-state index contributed by atoms with van der Waals surface area (Å²) >= 11 is 3.64. The SMILES string of the molecule is O=C([C@H](Cc1ccccc1Br)N(Cc1ccc(-c2ccccn2)cc1)C(=O)C=Cc1ccc(C(F)(F)F)cc1)N1CCN(Cc2ccccc2)CC1. The van der Waals surface area contributed by atoms with Crippen molar-refractivity contribution in [3.8, 4) is 11.3 Å².